The van der Waals surface area contributed by atoms with E-state index in [-0.39, 0.29) is 18.3 Å². The van der Waals surface area contributed by atoms with Crippen LogP contribution in [-0.2, 0) is 10.2 Å². The standard InChI is InChI=1S/C20H24N6O4S/c1-26(2)16-11-13(7-10-22-16)19(27)23-20(8-4-9-20)12-30-15-6-3-5-14-17(15)18(21)25-31(28,29)24-14/h3,5-7,10-11,24H,4,8-9,12H2,1-2H3,(H2,21,25)(H,23,27). The minimum absolute atomic E-state index is 0.135. The van der Waals surface area contributed by atoms with Gasteiger partial charge in [-0.25, -0.2) is 4.98 Å². The lowest BCUT2D eigenvalue weighted by Crippen LogP contribution is -2.57. The molecule has 1 amide bonds. The summed E-state index contributed by atoms with van der Waals surface area (Å²) in [5, 5.41) is 3.10. The fraction of sp³-hybridized carbons (Fsp3) is 0.350. The SMILES string of the molecule is CN(C)c1cc(C(=O)NC2(COc3cccc4c3C(N)=NS(=O)(=O)N4)CCC2)ccn1. The molecule has 11 heteroatoms. The van der Waals surface area contributed by atoms with Gasteiger partial charge in [0.15, 0.2) is 5.84 Å². The Kier molecular flexibility index (Phi) is 5.21. The first-order valence-corrected chi connectivity index (χ1v) is 11.2. The number of hydrogen-bond donors (Lipinski definition) is 3. The molecule has 164 valence electrons. The van der Waals surface area contributed by atoms with E-state index in [0.29, 0.717) is 28.4 Å². The van der Waals surface area contributed by atoms with Crippen molar-refractivity contribution in [2.24, 2.45) is 10.1 Å². The molecule has 0 unspecified atom stereocenters. The largest absolute Gasteiger partial charge is 0.490 e. The molecule has 4 N–H and O–H groups in total. The first-order chi connectivity index (χ1) is 14.7. The number of fused-ring (bicyclic) bond motifs is 1. The van der Waals surface area contributed by atoms with E-state index in [2.05, 4.69) is 19.4 Å². The molecule has 31 heavy (non-hydrogen) atoms. The predicted octanol–water partition coefficient (Wildman–Crippen LogP) is 1.25. The van der Waals surface area contributed by atoms with E-state index in [1.54, 1.807) is 36.5 Å². The number of anilines is 2. The van der Waals surface area contributed by atoms with E-state index < -0.39 is 15.7 Å². The van der Waals surface area contributed by atoms with Crippen LogP contribution in [0.3, 0.4) is 0 Å². The third kappa shape index (κ3) is 4.26. The van der Waals surface area contributed by atoms with Crippen LogP contribution in [0.2, 0.25) is 0 Å². The maximum absolute atomic E-state index is 12.9. The number of amidine groups is 1. The van der Waals surface area contributed by atoms with E-state index in [1.807, 2.05) is 19.0 Å². The molecule has 1 aliphatic carbocycles. The minimum Gasteiger partial charge on any atom is -0.490 e. The second-order valence-corrected chi connectivity index (χ2v) is 9.24. The van der Waals surface area contributed by atoms with Gasteiger partial charge in [0, 0.05) is 25.9 Å². The molecule has 0 radical (unpaired) electrons. The quantitative estimate of drug-likeness (QED) is 0.609. The van der Waals surface area contributed by atoms with Crippen LogP contribution in [0.1, 0.15) is 35.2 Å². The van der Waals surface area contributed by atoms with Crippen molar-refractivity contribution in [1.29, 1.82) is 0 Å². The number of nitrogens with one attached hydrogen (secondary N) is 2. The average Bonchev–Trinajstić information content (AvgIpc) is 2.68. The van der Waals surface area contributed by atoms with Gasteiger partial charge in [-0.15, -0.1) is 4.40 Å². The molecule has 2 aromatic rings. The van der Waals surface area contributed by atoms with Gasteiger partial charge in [-0.3, -0.25) is 9.52 Å². The van der Waals surface area contributed by atoms with Crippen molar-refractivity contribution in [3.8, 4) is 5.75 Å². The van der Waals surface area contributed by atoms with Crippen LogP contribution < -0.4 is 25.4 Å². The third-order valence-corrected chi connectivity index (χ3v) is 6.31. The molecule has 2 heterocycles. The van der Waals surface area contributed by atoms with Crippen LogP contribution in [0.5, 0.6) is 5.75 Å². The molecule has 1 aromatic carbocycles. The summed E-state index contributed by atoms with van der Waals surface area (Å²) in [6, 6.07) is 8.36. The smallest absolute Gasteiger partial charge is 0.344 e. The highest BCUT2D eigenvalue weighted by atomic mass is 32.2. The second-order valence-electron chi connectivity index (χ2n) is 7.91. The Bertz CT molecular complexity index is 1160. The monoisotopic (exact) mass is 444 g/mol. The maximum atomic E-state index is 12.9. The Morgan fingerprint density at radius 3 is 2.77 bits per heavy atom. The van der Waals surface area contributed by atoms with Crippen molar-refractivity contribution in [2.45, 2.75) is 24.8 Å². The van der Waals surface area contributed by atoms with Crippen LogP contribution in [0.4, 0.5) is 11.5 Å². The van der Waals surface area contributed by atoms with Gasteiger partial charge < -0.3 is 20.7 Å². The second kappa shape index (κ2) is 7.73. The topological polar surface area (TPSA) is 139 Å². The number of amides is 1. The van der Waals surface area contributed by atoms with Gasteiger partial charge in [0.05, 0.1) is 16.8 Å². The molecule has 0 saturated heterocycles. The lowest BCUT2D eigenvalue weighted by molar-refractivity contribution is 0.0691. The fourth-order valence-electron chi connectivity index (χ4n) is 3.58. The molecule has 1 fully saturated rings. The van der Waals surface area contributed by atoms with Gasteiger partial charge in [0.2, 0.25) is 0 Å². The van der Waals surface area contributed by atoms with Gasteiger partial charge in [0.1, 0.15) is 18.2 Å². The molecular formula is C20H24N6O4S. The molecular weight excluding hydrogens is 420 g/mol. The summed E-state index contributed by atoms with van der Waals surface area (Å²) in [6.45, 7) is 0.223. The highest BCUT2D eigenvalue weighted by Crippen LogP contribution is 2.35. The number of carbonyl (C=O) groups excluding carboxylic acids is 1. The molecule has 2 aliphatic rings. The summed E-state index contributed by atoms with van der Waals surface area (Å²) < 4.78 is 35.4. The molecule has 0 atom stereocenters. The Morgan fingerprint density at radius 1 is 1.32 bits per heavy atom. The number of aromatic nitrogens is 1. The van der Waals surface area contributed by atoms with Crippen LogP contribution in [-0.4, -0.2) is 51.4 Å². The Labute approximate surface area is 180 Å². The van der Waals surface area contributed by atoms with E-state index in [0.717, 1.165) is 19.3 Å². The summed E-state index contributed by atoms with van der Waals surface area (Å²) in [5.74, 6) is 0.766. The van der Waals surface area contributed by atoms with Crippen LogP contribution in [0, 0.1) is 0 Å². The zero-order valence-electron chi connectivity index (χ0n) is 17.3. The molecule has 0 bridgehead atoms. The first-order valence-electron chi connectivity index (χ1n) is 9.78. The normalized spacial score (nSPS) is 17.9. The van der Waals surface area contributed by atoms with Crippen molar-refractivity contribution in [1.82, 2.24) is 10.3 Å². The Balaban J connectivity index is 1.51. The van der Waals surface area contributed by atoms with E-state index in [9.17, 15) is 13.2 Å². The van der Waals surface area contributed by atoms with Gasteiger partial charge in [0.25, 0.3) is 5.91 Å². The summed E-state index contributed by atoms with van der Waals surface area (Å²) in [4.78, 5) is 18.9. The average molecular weight is 445 g/mol. The van der Waals surface area contributed by atoms with E-state index in [1.165, 1.54) is 0 Å². The number of ether oxygens (including phenoxy) is 1. The van der Waals surface area contributed by atoms with E-state index in [4.69, 9.17) is 10.5 Å². The van der Waals surface area contributed by atoms with Crippen LogP contribution in [0.25, 0.3) is 0 Å². The minimum atomic E-state index is -3.86. The van der Waals surface area contributed by atoms with Gasteiger partial charge in [-0.2, -0.15) is 8.42 Å². The molecule has 1 aliphatic heterocycles. The molecule has 10 nitrogen and oxygen atoms in total. The first kappa shape index (κ1) is 20.9. The Hall–Kier alpha value is -3.34. The summed E-state index contributed by atoms with van der Waals surface area (Å²) in [5.41, 5.74) is 6.59. The van der Waals surface area contributed by atoms with Crippen molar-refractivity contribution < 1.29 is 17.9 Å². The maximum Gasteiger partial charge on any atom is 0.344 e. The third-order valence-electron chi connectivity index (χ3n) is 5.40. The molecule has 1 saturated carbocycles. The number of benzene rings is 1. The molecule has 1 aromatic heterocycles. The number of nitrogens with zero attached hydrogens (tertiary/aromatic N) is 3. The zero-order valence-corrected chi connectivity index (χ0v) is 18.1. The van der Waals surface area contributed by atoms with Crippen molar-refractivity contribution in [3.63, 3.8) is 0 Å². The molecule has 0 spiro atoms. The highest BCUT2D eigenvalue weighted by molar-refractivity contribution is 7.91. The summed E-state index contributed by atoms with van der Waals surface area (Å²) >= 11 is 0. The Morgan fingerprint density at radius 2 is 2.10 bits per heavy atom. The van der Waals surface area contributed by atoms with E-state index >= 15 is 0 Å². The van der Waals surface area contributed by atoms with Crippen molar-refractivity contribution >= 4 is 33.5 Å². The number of nitrogens with two attached hydrogens (primary N) is 1. The number of rotatable bonds is 6. The van der Waals surface area contributed by atoms with Crippen molar-refractivity contribution in [2.75, 3.05) is 30.3 Å². The van der Waals surface area contributed by atoms with Gasteiger partial charge in [-0.1, -0.05) is 6.07 Å². The van der Waals surface area contributed by atoms with Gasteiger partial charge >= 0.3 is 10.2 Å². The lowest BCUT2D eigenvalue weighted by atomic mass is 9.77. The predicted molar refractivity (Wildman–Crippen MR) is 118 cm³/mol. The number of carbonyl (C=O) groups is 1. The fourth-order valence-corrected chi connectivity index (χ4v) is 4.42. The lowest BCUT2D eigenvalue weighted by Gasteiger charge is -2.42. The molecule has 4 rings (SSSR count). The number of hydrogen-bond acceptors (Lipinski definition) is 7. The zero-order chi connectivity index (χ0) is 22.2. The van der Waals surface area contributed by atoms with Gasteiger partial charge in [-0.05, 0) is 43.5 Å². The highest BCUT2D eigenvalue weighted by Gasteiger charge is 2.40. The summed E-state index contributed by atoms with van der Waals surface area (Å²) in [6.07, 6.45) is 4.12. The number of pyridine rings is 1. The van der Waals surface area contributed by atoms with Crippen LogP contribution >= 0.6 is 0 Å². The van der Waals surface area contributed by atoms with Crippen molar-refractivity contribution in [3.05, 3.63) is 47.7 Å². The summed E-state index contributed by atoms with van der Waals surface area (Å²) in [7, 11) is -0.139. The van der Waals surface area contributed by atoms with Crippen LogP contribution in [0.15, 0.2) is 40.9 Å².